The molecule has 1 aliphatic rings. The Bertz CT molecular complexity index is 705. The molecular weight excluding hydrogens is 363 g/mol. The van der Waals surface area contributed by atoms with Gasteiger partial charge in [0.15, 0.2) is 0 Å². The summed E-state index contributed by atoms with van der Waals surface area (Å²) >= 11 is 0. The van der Waals surface area contributed by atoms with Gasteiger partial charge in [0.2, 0.25) is 0 Å². The van der Waals surface area contributed by atoms with Crippen LogP contribution in [0.1, 0.15) is 32.8 Å². The van der Waals surface area contributed by atoms with E-state index in [1.807, 2.05) is 0 Å². The van der Waals surface area contributed by atoms with Gasteiger partial charge in [-0.05, 0) is 27.2 Å². The summed E-state index contributed by atoms with van der Waals surface area (Å²) in [5, 5.41) is 9.47. The van der Waals surface area contributed by atoms with E-state index in [0.29, 0.717) is 0 Å². The average Bonchev–Trinajstić information content (AvgIpc) is 2.76. The molecule has 121 valence electrons. The van der Waals surface area contributed by atoms with Crippen LogP contribution in [0.2, 0.25) is 0 Å². The number of rotatable bonds is 1. The molecule has 23 heavy (non-hydrogen) atoms. The monoisotopic (exact) mass is 383 g/mol. The quantitative estimate of drug-likeness (QED) is 0.483. The summed E-state index contributed by atoms with van der Waals surface area (Å²) < 4.78 is 0. The Hall–Kier alpha value is -0.566. The Morgan fingerprint density at radius 3 is 2.04 bits per heavy atom. The first-order chi connectivity index (χ1) is 9.66. The van der Waals surface area contributed by atoms with Crippen LogP contribution in [0.5, 0.6) is 0 Å². The van der Waals surface area contributed by atoms with Crippen molar-refractivity contribution >= 4 is 16.3 Å². The van der Waals surface area contributed by atoms with E-state index in [1.54, 1.807) is 0 Å². The summed E-state index contributed by atoms with van der Waals surface area (Å²) in [5.74, 6) is 0. The summed E-state index contributed by atoms with van der Waals surface area (Å²) in [6, 6.07) is 16.4. The summed E-state index contributed by atoms with van der Waals surface area (Å²) in [6.45, 7) is 6.68. The Morgan fingerprint density at radius 2 is 1.48 bits per heavy atom. The zero-order chi connectivity index (χ0) is 14.7. The van der Waals surface area contributed by atoms with E-state index in [0.717, 1.165) is 13.5 Å². The van der Waals surface area contributed by atoms with E-state index in [1.165, 1.54) is 38.6 Å². The molecule has 0 saturated carbocycles. The fourth-order valence-corrected chi connectivity index (χ4v) is 2.67. The first-order valence-corrected chi connectivity index (χ1v) is 6.89. The second kappa shape index (κ2) is 11.1. The molecule has 0 aliphatic heterocycles. The third kappa shape index (κ3) is 5.21. The number of halogens is 2. The van der Waals surface area contributed by atoms with Crippen molar-refractivity contribution in [2.45, 2.75) is 27.2 Å². The smallest absolute Gasteiger partial charge is 1.00 e. The summed E-state index contributed by atoms with van der Waals surface area (Å²) in [6.07, 6.45) is 1.08. The van der Waals surface area contributed by atoms with Crippen molar-refractivity contribution in [2.24, 2.45) is 0 Å². The minimum absolute atomic E-state index is 0. The van der Waals surface area contributed by atoms with Crippen LogP contribution in [0.25, 0.3) is 16.3 Å². The van der Waals surface area contributed by atoms with Crippen LogP contribution in [-0.2, 0) is 21.7 Å². The Balaban J connectivity index is 0. The summed E-state index contributed by atoms with van der Waals surface area (Å²) in [7, 11) is 1.00. The van der Waals surface area contributed by atoms with Gasteiger partial charge in [0, 0.05) is 7.11 Å². The number of hydrogen-bond donors (Lipinski definition) is 1. The number of aliphatic hydroxyl groups is 1. The summed E-state index contributed by atoms with van der Waals surface area (Å²) in [4.78, 5) is 0. The maximum atomic E-state index is 7.00. The van der Waals surface area contributed by atoms with Gasteiger partial charge in [0.05, 0.1) is 0 Å². The topological polar surface area (TPSA) is 20.2 Å². The molecule has 4 heteroatoms. The van der Waals surface area contributed by atoms with Gasteiger partial charge in [-0.3, -0.25) is 0 Å². The molecule has 1 aliphatic carbocycles. The van der Waals surface area contributed by atoms with Gasteiger partial charge < -0.3 is 29.9 Å². The van der Waals surface area contributed by atoms with Crippen molar-refractivity contribution in [3.63, 3.8) is 0 Å². The molecule has 1 radical (unpaired) electrons. The molecular formula is C19H21Cl2OTi. The van der Waals surface area contributed by atoms with Crippen molar-refractivity contribution in [3.8, 4) is 0 Å². The molecule has 3 rings (SSSR count). The van der Waals surface area contributed by atoms with Gasteiger partial charge in [-0.2, -0.15) is 0 Å². The van der Waals surface area contributed by atoms with Gasteiger partial charge >= 0.3 is 21.7 Å². The van der Waals surface area contributed by atoms with Gasteiger partial charge in [-0.1, -0.05) is 45.9 Å². The number of benzene rings is 2. The van der Waals surface area contributed by atoms with Crippen LogP contribution in [0.4, 0.5) is 0 Å². The maximum Gasteiger partial charge on any atom is 3.00 e. The van der Waals surface area contributed by atoms with E-state index in [2.05, 4.69) is 63.2 Å². The molecule has 0 aromatic heterocycles. The van der Waals surface area contributed by atoms with Crippen LogP contribution in [-0.4, -0.2) is 12.2 Å². The Morgan fingerprint density at radius 1 is 0.870 bits per heavy atom. The maximum absolute atomic E-state index is 7.00. The van der Waals surface area contributed by atoms with Crippen molar-refractivity contribution in [1.29, 1.82) is 0 Å². The molecule has 1 N–H and O–H groups in total. The van der Waals surface area contributed by atoms with Gasteiger partial charge in [0.25, 0.3) is 0 Å². The van der Waals surface area contributed by atoms with Crippen LogP contribution < -0.4 is 24.8 Å². The second-order valence-electron chi connectivity index (χ2n) is 5.14. The summed E-state index contributed by atoms with van der Waals surface area (Å²) in [5.41, 5.74) is 7.06. The van der Waals surface area contributed by atoms with Crippen LogP contribution in [0.15, 0.2) is 53.1 Å². The van der Waals surface area contributed by atoms with E-state index in [-0.39, 0.29) is 46.5 Å². The normalized spacial score (nSPS) is 12.7. The fourth-order valence-electron chi connectivity index (χ4n) is 2.67. The molecule has 0 atom stereocenters. The predicted molar refractivity (Wildman–Crippen MR) is 86.5 cm³/mol. The molecule has 2 aromatic rings. The third-order valence-electron chi connectivity index (χ3n) is 4.08. The van der Waals surface area contributed by atoms with Crippen molar-refractivity contribution in [3.05, 3.63) is 64.7 Å². The third-order valence-corrected chi connectivity index (χ3v) is 4.08. The largest absolute Gasteiger partial charge is 3.00 e. The van der Waals surface area contributed by atoms with Crippen LogP contribution in [0, 0.1) is 6.07 Å². The minimum atomic E-state index is 0. The number of fused-ring (bicyclic) bond motifs is 1. The van der Waals surface area contributed by atoms with E-state index in [4.69, 9.17) is 5.11 Å². The average molecular weight is 384 g/mol. The van der Waals surface area contributed by atoms with Crippen LogP contribution in [0.3, 0.4) is 0 Å². The molecule has 2 aromatic carbocycles. The van der Waals surface area contributed by atoms with E-state index >= 15 is 0 Å². The van der Waals surface area contributed by atoms with Crippen molar-refractivity contribution < 1.29 is 51.6 Å². The van der Waals surface area contributed by atoms with Gasteiger partial charge in [-0.15, -0.1) is 35.2 Å². The molecule has 0 amide bonds. The number of aliphatic hydroxyl groups excluding tert-OH is 1. The van der Waals surface area contributed by atoms with Crippen molar-refractivity contribution in [1.82, 2.24) is 0 Å². The molecule has 0 fully saturated rings. The number of hydrogen-bond acceptors (Lipinski definition) is 1. The molecule has 0 heterocycles. The van der Waals surface area contributed by atoms with Gasteiger partial charge in [0.1, 0.15) is 0 Å². The van der Waals surface area contributed by atoms with E-state index < -0.39 is 0 Å². The standard InChI is InChI=1S/C18H17.CH4O.2ClH.Ti/c1-12-10-18(14(3)13(12)2)17-9-8-15-6-4-5-7-16(15)11-17;1-2;;;/h4-9H,10H2,1-3H3;2H,1H3;2*1H;/q-1;;;;+3/p-2. The fraction of sp³-hybridized carbons (Fsp3) is 0.263. The SMILES string of the molecule is CC1=C(C)C(C)=C(c2[c-]c3ccccc3cc2)C1.CO.[Cl-].[Cl-].[Ti+3]. The van der Waals surface area contributed by atoms with Gasteiger partial charge in [-0.25, -0.2) is 0 Å². The molecule has 0 saturated heterocycles. The number of allylic oxidation sites excluding steroid dienone is 4. The molecule has 0 spiro atoms. The molecule has 0 bridgehead atoms. The molecule has 1 nitrogen and oxygen atoms in total. The Labute approximate surface area is 166 Å². The zero-order valence-corrected chi connectivity index (χ0v) is 16.9. The Kier molecular flexibility index (Phi) is 11.9. The second-order valence-corrected chi connectivity index (χ2v) is 5.14. The minimum Gasteiger partial charge on any atom is -1.00 e. The zero-order valence-electron chi connectivity index (χ0n) is 13.9. The van der Waals surface area contributed by atoms with E-state index in [9.17, 15) is 0 Å². The van der Waals surface area contributed by atoms with Crippen LogP contribution >= 0.6 is 0 Å². The first kappa shape index (κ1) is 24.7. The predicted octanol–water partition coefficient (Wildman–Crippen LogP) is -1.23. The molecule has 0 unspecified atom stereocenters. The van der Waals surface area contributed by atoms with Crippen molar-refractivity contribution in [2.75, 3.05) is 7.11 Å². The first-order valence-electron chi connectivity index (χ1n) is 6.89.